The highest BCUT2D eigenvalue weighted by atomic mass is 35.5. The minimum absolute atomic E-state index is 0.225. The largest absolute Gasteiger partial charge is 0.490 e. The van der Waals surface area contributed by atoms with Crippen molar-refractivity contribution in [3.63, 3.8) is 0 Å². The Labute approximate surface area is 220 Å². The molecule has 3 saturated heterocycles. The lowest BCUT2D eigenvalue weighted by Crippen LogP contribution is -2.54. The van der Waals surface area contributed by atoms with E-state index >= 15 is 0 Å². The van der Waals surface area contributed by atoms with Crippen LogP contribution in [0.5, 0.6) is 0 Å². The third kappa shape index (κ3) is 4.43. The molecular formula is C26H24ClF3N2O6. The van der Waals surface area contributed by atoms with E-state index in [1.54, 1.807) is 0 Å². The SMILES string of the molecule is COC(=O)[C@@]12CCCN1[C@H](c1ccc(-c3cccc(Cl)c3)cc1)[C@H]1C(=O)N(C)C(=O)[C@H]12.O=C(O)C(F)(F)F. The summed E-state index contributed by atoms with van der Waals surface area (Å²) in [4.78, 5) is 51.3. The fourth-order valence-electron chi connectivity index (χ4n) is 5.88. The van der Waals surface area contributed by atoms with Crippen molar-refractivity contribution >= 4 is 35.4 Å². The number of hydrogen-bond donors (Lipinski definition) is 1. The summed E-state index contributed by atoms with van der Waals surface area (Å²) in [5, 5.41) is 7.79. The maximum absolute atomic E-state index is 13.1. The number of imide groups is 1. The van der Waals surface area contributed by atoms with E-state index in [-0.39, 0.29) is 17.9 Å². The molecule has 2 aromatic rings. The first kappa shape index (κ1) is 27.6. The zero-order chi connectivity index (χ0) is 28.0. The van der Waals surface area contributed by atoms with Gasteiger partial charge in [-0.1, -0.05) is 48.0 Å². The fraction of sp³-hybridized carbons (Fsp3) is 0.385. The van der Waals surface area contributed by atoms with E-state index in [1.807, 2.05) is 53.4 Å². The predicted molar refractivity (Wildman–Crippen MR) is 129 cm³/mol. The minimum Gasteiger partial charge on any atom is -0.475 e. The zero-order valence-electron chi connectivity index (χ0n) is 20.4. The molecule has 4 atom stereocenters. The van der Waals surface area contributed by atoms with Gasteiger partial charge in [-0.25, -0.2) is 4.79 Å². The monoisotopic (exact) mass is 552 g/mol. The summed E-state index contributed by atoms with van der Waals surface area (Å²) >= 11 is 6.13. The molecule has 0 aromatic heterocycles. The van der Waals surface area contributed by atoms with Crippen LogP contribution in [-0.2, 0) is 23.9 Å². The smallest absolute Gasteiger partial charge is 0.475 e. The van der Waals surface area contributed by atoms with Crippen molar-refractivity contribution in [1.82, 2.24) is 9.80 Å². The van der Waals surface area contributed by atoms with Crippen LogP contribution in [0.2, 0.25) is 5.02 Å². The van der Waals surface area contributed by atoms with Gasteiger partial charge in [-0.2, -0.15) is 13.2 Å². The van der Waals surface area contributed by atoms with Crippen molar-refractivity contribution in [1.29, 1.82) is 0 Å². The van der Waals surface area contributed by atoms with Gasteiger partial charge in [-0.05, 0) is 48.2 Å². The first-order chi connectivity index (χ1) is 17.8. The number of likely N-dealkylation sites (tertiary alicyclic amines) is 1. The minimum atomic E-state index is -5.08. The molecule has 2 amide bonds. The number of halogens is 4. The van der Waals surface area contributed by atoms with Crippen LogP contribution in [0.15, 0.2) is 48.5 Å². The number of carboxylic acid groups (broad SMARTS) is 1. The molecular weight excluding hydrogens is 529 g/mol. The van der Waals surface area contributed by atoms with Gasteiger partial charge in [0.15, 0.2) is 0 Å². The molecule has 38 heavy (non-hydrogen) atoms. The van der Waals surface area contributed by atoms with Gasteiger partial charge in [-0.3, -0.25) is 24.2 Å². The molecule has 3 aliphatic heterocycles. The van der Waals surface area contributed by atoms with Gasteiger partial charge in [0.2, 0.25) is 11.8 Å². The zero-order valence-corrected chi connectivity index (χ0v) is 21.1. The fourth-order valence-corrected chi connectivity index (χ4v) is 6.07. The molecule has 3 heterocycles. The molecule has 202 valence electrons. The number of carboxylic acids is 1. The van der Waals surface area contributed by atoms with Crippen molar-refractivity contribution in [2.45, 2.75) is 30.6 Å². The number of esters is 1. The Hall–Kier alpha value is -3.44. The van der Waals surface area contributed by atoms with Crippen molar-refractivity contribution in [3.05, 3.63) is 59.1 Å². The number of methoxy groups -OCH3 is 1. The molecule has 0 bridgehead atoms. The predicted octanol–water partition coefficient (Wildman–Crippen LogP) is 3.93. The second kappa shape index (κ2) is 10.0. The lowest BCUT2D eigenvalue weighted by Gasteiger charge is -2.35. The molecule has 5 rings (SSSR count). The molecule has 0 spiro atoms. The van der Waals surface area contributed by atoms with Gasteiger partial charge in [0.1, 0.15) is 5.54 Å². The van der Waals surface area contributed by atoms with E-state index in [0.29, 0.717) is 18.0 Å². The Morgan fingerprint density at radius 2 is 1.71 bits per heavy atom. The Morgan fingerprint density at radius 3 is 2.26 bits per heavy atom. The summed E-state index contributed by atoms with van der Waals surface area (Å²) in [5.74, 6) is -4.99. The molecule has 0 saturated carbocycles. The molecule has 3 aliphatic rings. The highest BCUT2D eigenvalue weighted by molar-refractivity contribution is 6.30. The number of alkyl halides is 3. The maximum atomic E-state index is 13.1. The average molecular weight is 553 g/mol. The Kier molecular flexibility index (Phi) is 7.28. The van der Waals surface area contributed by atoms with Gasteiger partial charge in [0.05, 0.1) is 18.9 Å². The lowest BCUT2D eigenvalue weighted by atomic mass is 9.77. The number of benzene rings is 2. The van der Waals surface area contributed by atoms with Crippen LogP contribution in [0.3, 0.4) is 0 Å². The van der Waals surface area contributed by atoms with Crippen LogP contribution in [0, 0.1) is 11.8 Å². The van der Waals surface area contributed by atoms with Gasteiger partial charge in [0.25, 0.3) is 0 Å². The van der Waals surface area contributed by atoms with Crippen molar-refractivity contribution in [3.8, 4) is 11.1 Å². The molecule has 8 nitrogen and oxygen atoms in total. The first-order valence-electron chi connectivity index (χ1n) is 11.7. The number of nitrogens with zero attached hydrogens (tertiary/aromatic N) is 2. The maximum Gasteiger partial charge on any atom is 0.490 e. The number of carbonyl (C=O) groups excluding carboxylic acids is 3. The van der Waals surface area contributed by atoms with Crippen LogP contribution in [0.4, 0.5) is 13.2 Å². The molecule has 0 aliphatic carbocycles. The van der Waals surface area contributed by atoms with E-state index in [4.69, 9.17) is 26.2 Å². The summed E-state index contributed by atoms with van der Waals surface area (Å²) in [6.45, 7) is 0.646. The summed E-state index contributed by atoms with van der Waals surface area (Å²) < 4.78 is 36.9. The third-order valence-electron chi connectivity index (χ3n) is 7.42. The van der Waals surface area contributed by atoms with Crippen molar-refractivity contribution in [2.24, 2.45) is 11.8 Å². The Balaban J connectivity index is 0.000000426. The third-order valence-corrected chi connectivity index (χ3v) is 7.66. The van der Waals surface area contributed by atoms with Crippen LogP contribution in [0.25, 0.3) is 11.1 Å². The highest BCUT2D eigenvalue weighted by Crippen LogP contribution is 2.59. The highest BCUT2D eigenvalue weighted by Gasteiger charge is 2.72. The number of fused-ring (bicyclic) bond motifs is 3. The average Bonchev–Trinajstić information content (AvgIpc) is 3.49. The van der Waals surface area contributed by atoms with Crippen molar-refractivity contribution < 1.29 is 42.2 Å². The number of hydrogen-bond acceptors (Lipinski definition) is 6. The second-order valence-corrected chi connectivity index (χ2v) is 9.77. The molecule has 0 unspecified atom stereocenters. The Bertz CT molecular complexity index is 1280. The molecule has 1 N–H and O–H groups in total. The van der Waals surface area contributed by atoms with E-state index in [0.717, 1.165) is 23.1 Å². The number of carbonyl (C=O) groups is 4. The van der Waals surface area contributed by atoms with Gasteiger partial charge < -0.3 is 9.84 Å². The van der Waals surface area contributed by atoms with Crippen LogP contribution < -0.4 is 0 Å². The number of aliphatic carboxylic acids is 1. The quantitative estimate of drug-likeness (QED) is 0.454. The first-order valence-corrected chi connectivity index (χ1v) is 12.0. The van der Waals surface area contributed by atoms with E-state index in [2.05, 4.69) is 0 Å². The summed E-state index contributed by atoms with van der Waals surface area (Å²) in [6.07, 6.45) is -3.79. The number of rotatable bonds is 3. The number of ether oxygens (including phenoxy) is 1. The second-order valence-electron chi connectivity index (χ2n) is 9.33. The normalized spacial score (nSPS) is 26.5. The van der Waals surface area contributed by atoms with E-state index in [9.17, 15) is 27.6 Å². The lowest BCUT2D eigenvalue weighted by molar-refractivity contribution is -0.192. The number of amides is 2. The van der Waals surface area contributed by atoms with Crippen LogP contribution in [-0.4, -0.2) is 71.1 Å². The van der Waals surface area contributed by atoms with Crippen LogP contribution in [0.1, 0.15) is 24.4 Å². The summed E-state index contributed by atoms with van der Waals surface area (Å²) in [7, 11) is 2.85. The summed E-state index contributed by atoms with van der Waals surface area (Å²) in [5.41, 5.74) is 1.85. The summed E-state index contributed by atoms with van der Waals surface area (Å²) in [6, 6.07) is 15.2. The van der Waals surface area contributed by atoms with Gasteiger partial charge in [-0.15, -0.1) is 0 Å². The van der Waals surface area contributed by atoms with Gasteiger partial charge in [0, 0.05) is 18.1 Å². The molecule has 0 radical (unpaired) electrons. The van der Waals surface area contributed by atoms with Crippen molar-refractivity contribution in [2.75, 3.05) is 20.7 Å². The molecule has 2 aromatic carbocycles. The molecule has 3 fully saturated rings. The van der Waals surface area contributed by atoms with Crippen LogP contribution >= 0.6 is 11.6 Å². The van der Waals surface area contributed by atoms with Gasteiger partial charge >= 0.3 is 18.1 Å². The standard InChI is InChI=1S/C24H23ClN2O4.C2HF3O2/c1-26-21(28)18-19(22(26)29)24(23(30)31-2)11-4-12-27(24)20(18)15-9-7-14(8-10-15)16-5-3-6-17(25)13-16;3-2(4,5)1(6)7/h3,5-10,13,18-20H,4,11-12H2,1-2H3;(H,6,7)/t18-,19-,20+,24-;/m0./s1. The Morgan fingerprint density at radius 1 is 1.08 bits per heavy atom. The van der Waals surface area contributed by atoms with E-state index in [1.165, 1.54) is 19.1 Å². The molecule has 12 heteroatoms. The van der Waals surface area contributed by atoms with E-state index < -0.39 is 35.5 Å². The topological polar surface area (TPSA) is 104 Å².